The van der Waals surface area contributed by atoms with Crippen molar-refractivity contribution in [2.24, 2.45) is 0 Å². The second-order valence-electron chi connectivity index (χ2n) is 3.35. The smallest absolute Gasteiger partial charge is 0.336 e. The highest BCUT2D eigenvalue weighted by molar-refractivity contribution is 6.66. The molecule has 0 aromatic rings. The average molecular weight is 192 g/mol. The van der Waals surface area contributed by atoms with Gasteiger partial charge in [0.15, 0.2) is 0 Å². The zero-order valence-corrected chi connectivity index (χ0v) is 9.63. The van der Waals surface area contributed by atoms with Crippen molar-refractivity contribution in [3.8, 4) is 0 Å². The Kier molecular flexibility index (Phi) is 5.00. The van der Waals surface area contributed by atoms with Gasteiger partial charge in [-0.2, -0.15) is 0 Å². The molecule has 12 heavy (non-hydrogen) atoms. The summed E-state index contributed by atoms with van der Waals surface area (Å²) < 4.78 is 10.6. The van der Waals surface area contributed by atoms with Gasteiger partial charge in [0, 0.05) is 6.61 Å². The van der Waals surface area contributed by atoms with Gasteiger partial charge in [-0.05, 0) is 25.9 Å². The standard InChI is InChI=1S/C8H20O3Si/c1-6-10-8(4)11-12(5,9)7(2)3/h7-9H,6H2,1-5H3. The van der Waals surface area contributed by atoms with Gasteiger partial charge in [0.2, 0.25) is 0 Å². The van der Waals surface area contributed by atoms with E-state index in [0.717, 1.165) is 0 Å². The number of ether oxygens (including phenoxy) is 1. The molecular formula is C8H20O3Si. The summed E-state index contributed by atoms with van der Waals surface area (Å²) in [5.74, 6) is 0. The SMILES string of the molecule is CCOC(C)O[Si](C)(O)C(C)C. The maximum Gasteiger partial charge on any atom is 0.336 e. The van der Waals surface area contributed by atoms with Gasteiger partial charge >= 0.3 is 8.56 Å². The van der Waals surface area contributed by atoms with Gasteiger partial charge in [-0.15, -0.1) is 0 Å². The molecule has 2 unspecified atom stereocenters. The van der Waals surface area contributed by atoms with Gasteiger partial charge in [-0.1, -0.05) is 13.8 Å². The van der Waals surface area contributed by atoms with Gasteiger partial charge in [0.05, 0.1) is 0 Å². The lowest BCUT2D eigenvalue weighted by atomic mass is 10.6. The highest BCUT2D eigenvalue weighted by Gasteiger charge is 2.33. The fraction of sp³-hybridized carbons (Fsp3) is 1.00. The number of rotatable bonds is 5. The van der Waals surface area contributed by atoms with Crippen molar-refractivity contribution in [2.75, 3.05) is 6.61 Å². The molecule has 0 rings (SSSR count). The Morgan fingerprint density at radius 2 is 1.83 bits per heavy atom. The first-order chi connectivity index (χ1) is 5.40. The van der Waals surface area contributed by atoms with E-state index in [2.05, 4.69) is 0 Å². The van der Waals surface area contributed by atoms with Crippen LogP contribution in [0.4, 0.5) is 0 Å². The first-order valence-electron chi connectivity index (χ1n) is 4.42. The van der Waals surface area contributed by atoms with Crippen LogP contribution in [0, 0.1) is 0 Å². The third-order valence-electron chi connectivity index (χ3n) is 1.88. The molecule has 0 heterocycles. The molecule has 0 aliphatic heterocycles. The summed E-state index contributed by atoms with van der Waals surface area (Å²) in [5, 5.41) is 0. The Morgan fingerprint density at radius 3 is 2.17 bits per heavy atom. The van der Waals surface area contributed by atoms with E-state index < -0.39 is 8.56 Å². The molecule has 0 saturated carbocycles. The van der Waals surface area contributed by atoms with Crippen molar-refractivity contribution in [1.29, 1.82) is 0 Å². The summed E-state index contributed by atoms with van der Waals surface area (Å²) in [7, 11) is -2.51. The van der Waals surface area contributed by atoms with E-state index in [9.17, 15) is 4.80 Å². The molecule has 0 aliphatic carbocycles. The molecule has 4 heteroatoms. The van der Waals surface area contributed by atoms with E-state index in [-0.39, 0.29) is 11.8 Å². The lowest BCUT2D eigenvalue weighted by Gasteiger charge is -2.27. The van der Waals surface area contributed by atoms with E-state index in [1.807, 2.05) is 27.7 Å². The second-order valence-corrected chi connectivity index (χ2v) is 6.85. The molecule has 0 bridgehead atoms. The minimum absolute atomic E-state index is 0.195. The predicted octanol–water partition coefficient (Wildman–Crippen LogP) is 1.86. The lowest BCUT2D eigenvalue weighted by molar-refractivity contribution is -0.0791. The Bertz CT molecular complexity index is 125. The van der Waals surface area contributed by atoms with E-state index in [1.165, 1.54) is 0 Å². The molecule has 0 saturated heterocycles. The molecule has 74 valence electrons. The van der Waals surface area contributed by atoms with Gasteiger partial charge in [0.25, 0.3) is 0 Å². The van der Waals surface area contributed by atoms with Crippen molar-refractivity contribution in [2.45, 2.75) is 46.1 Å². The van der Waals surface area contributed by atoms with Gasteiger partial charge in [-0.3, -0.25) is 0 Å². The average Bonchev–Trinajstić information content (AvgIpc) is 1.85. The summed E-state index contributed by atoms with van der Waals surface area (Å²) in [6.45, 7) is 10.0. The molecule has 0 amide bonds. The Labute approximate surface area is 75.9 Å². The van der Waals surface area contributed by atoms with Crippen molar-refractivity contribution in [3.05, 3.63) is 0 Å². The first-order valence-corrected chi connectivity index (χ1v) is 6.85. The van der Waals surface area contributed by atoms with E-state index >= 15 is 0 Å². The largest absolute Gasteiger partial charge is 0.411 e. The van der Waals surface area contributed by atoms with E-state index in [4.69, 9.17) is 9.16 Å². The van der Waals surface area contributed by atoms with Crippen LogP contribution in [0.15, 0.2) is 0 Å². The van der Waals surface area contributed by atoms with Crippen molar-refractivity contribution >= 4 is 8.56 Å². The van der Waals surface area contributed by atoms with Crippen LogP contribution in [-0.2, 0) is 9.16 Å². The molecule has 3 nitrogen and oxygen atoms in total. The zero-order chi connectivity index (χ0) is 9.78. The topological polar surface area (TPSA) is 38.7 Å². The lowest BCUT2D eigenvalue weighted by Crippen LogP contribution is -2.41. The minimum atomic E-state index is -2.51. The predicted molar refractivity (Wildman–Crippen MR) is 51.1 cm³/mol. The molecule has 0 aromatic carbocycles. The highest BCUT2D eigenvalue weighted by Crippen LogP contribution is 2.20. The molecule has 0 radical (unpaired) electrons. The Balaban J connectivity index is 3.88. The van der Waals surface area contributed by atoms with Crippen LogP contribution >= 0.6 is 0 Å². The first kappa shape index (κ1) is 12.1. The van der Waals surface area contributed by atoms with Crippen molar-refractivity contribution in [1.82, 2.24) is 0 Å². The Hall–Kier alpha value is 0.0969. The molecule has 0 spiro atoms. The summed E-state index contributed by atoms with van der Waals surface area (Å²) in [5.41, 5.74) is 0.195. The zero-order valence-electron chi connectivity index (χ0n) is 8.63. The fourth-order valence-electron chi connectivity index (χ4n) is 0.741. The third-order valence-corrected chi connectivity index (χ3v) is 4.83. The second kappa shape index (κ2) is 4.96. The Morgan fingerprint density at radius 1 is 1.33 bits per heavy atom. The van der Waals surface area contributed by atoms with Crippen LogP contribution in [0.2, 0.25) is 12.1 Å². The fourth-order valence-corrected chi connectivity index (χ4v) is 1.75. The molecule has 0 aromatic heterocycles. The summed E-state index contributed by atoms with van der Waals surface area (Å²) in [6, 6.07) is 0. The minimum Gasteiger partial charge on any atom is -0.411 e. The number of hydrogen-bond acceptors (Lipinski definition) is 3. The van der Waals surface area contributed by atoms with Crippen molar-refractivity contribution in [3.63, 3.8) is 0 Å². The van der Waals surface area contributed by atoms with Crippen LogP contribution in [-0.4, -0.2) is 26.3 Å². The molecule has 0 aliphatic rings. The molecule has 1 N–H and O–H groups in total. The van der Waals surface area contributed by atoms with Crippen LogP contribution in [0.1, 0.15) is 27.7 Å². The maximum absolute atomic E-state index is 9.83. The quantitative estimate of drug-likeness (QED) is 0.534. The van der Waals surface area contributed by atoms with Crippen LogP contribution in [0.5, 0.6) is 0 Å². The molecule has 2 atom stereocenters. The van der Waals surface area contributed by atoms with E-state index in [1.54, 1.807) is 6.55 Å². The van der Waals surface area contributed by atoms with E-state index in [0.29, 0.717) is 6.61 Å². The number of hydrogen-bond donors (Lipinski definition) is 1. The third kappa shape index (κ3) is 4.20. The van der Waals surface area contributed by atoms with Crippen LogP contribution in [0.25, 0.3) is 0 Å². The van der Waals surface area contributed by atoms with Crippen LogP contribution in [0.3, 0.4) is 0 Å². The van der Waals surface area contributed by atoms with Gasteiger partial charge < -0.3 is 14.0 Å². The highest BCUT2D eigenvalue weighted by atomic mass is 28.4. The monoisotopic (exact) mass is 192 g/mol. The molecular weight excluding hydrogens is 172 g/mol. The van der Waals surface area contributed by atoms with Gasteiger partial charge in [-0.25, -0.2) is 0 Å². The van der Waals surface area contributed by atoms with Gasteiger partial charge in [0.1, 0.15) is 6.29 Å². The van der Waals surface area contributed by atoms with Crippen LogP contribution < -0.4 is 0 Å². The summed E-state index contributed by atoms with van der Waals surface area (Å²) >= 11 is 0. The summed E-state index contributed by atoms with van der Waals surface area (Å²) in [4.78, 5) is 9.83. The summed E-state index contributed by atoms with van der Waals surface area (Å²) in [6.07, 6.45) is -0.293. The normalized spacial score (nSPS) is 19.2. The van der Waals surface area contributed by atoms with Crippen molar-refractivity contribution < 1.29 is 14.0 Å². The molecule has 0 fully saturated rings. The maximum atomic E-state index is 9.83.